The number of aryl methyl sites for hydroxylation is 2. The Hall–Kier alpha value is -2.05. The van der Waals surface area contributed by atoms with Crippen molar-refractivity contribution < 1.29 is 0 Å². The zero-order valence-electron chi connectivity index (χ0n) is 10.9. The van der Waals surface area contributed by atoms with Crippen molar-refractivity contribution in [1.29, 1.82) is 5.26 Å². The molecule has 3 nitrogen and oxygen atoms in total. The predicted octanol–water partition coefficient (Wildman–Crippen LogP) is 3.84. The van der Waals surface area contributed by atoms with Gasteiger partial charge in [0.1, 0.15) is 11.9 Å². The van der Waals surface area contributed by atoms with E-state index in [1.165, 1.54) is 0 Å². The number of hydrogen-bond donors (Lipinski definition) is 1. The fourth-order valence-electron chi connectivity index (χ4n) is 1.93. The molecule has 1 heterocycles. The van der Waals surface area contributed by atoms with E-state index >= 15 is 0 Å². The zero-order chi connectivity index (χ0) is 13.8. The quantitative estimate of drug-likeness (QED) is 0.923. The van der Waals surface area contributed by atoms with Crippen molar-refractivity contribution in [2.75, 3.05) is 5.32 Å². The molecule has 0 saturated carbocycles. The molecule has 0 aliphatic carbocycles. The van der Waals surface area contributed by atoms with Crippen LogP contribution in [0, 0.1) is 25.2 Å². The van der Waals surface area contributed by atoms with Crippen molar-refractivity contribution in [3.63, 3.8) is 0 Å². The van der Waals surface area contributed by atoms with E-state index in [4.69, 9.17) is 11.6 Å². The van der Waals surface area contributed by atoms with Crippen molar-refractivity contribution in [3.05, 3.63) is 57.7 Å². The molecule has 4 heteroatoms. The molecule has 2 aromatic rings. The lowest BCUT2D eigenvalue weighted by Gasteiger charge is -2.11. The number of benzene rings is 1. The van der Waals surface area contributed by atoms with Gasteiger partial charge in [-0.1, -0.05) is 29.8 Å². The van der Waals surface area contributed by atoms with Crippen LogP contribution < -0.4 is 5.32 Å². The molecule has 1 N–H and O–H groups in total. The molecule has 0 radical (unpaired) electrons. The first-order valence-electron chi connectivity index (χ1n) is 5.97. The molecule has 0 spiro atoms. The zero-order valence-corrected chi connectivity index (χ0v) is 11.6. The summed E-state index contributed by atoms with van der Waals surface area (Å²) in [6, 6.07) is 11.7. The van der Waals surface area contributed by atoms with Gasteiger partial charge in [-0.15, -0.1) is 0 Å². The van der Waals surface area contributed by atoms with Crippen molar-refractivity contribution >= 4 is 17.4 Å². The van der Waals surface area contributed by atoms with Gasteiger partial charge in [0.15, 0.2) is 0 Å². The van der Waals surface area contributed by atoms with Gasteiger partial charge < -0.3 is 5.32 Å². The van der Waals surface area contributed by atoms with E-state index in [-0.39, 0.29) is 0 Å². The fourth-order valence-corrected chi connectivity index (χ4v) is 2.13. The Balaban J connectivity index is 2.25. The summed E-state index contributed by atoms with van der Waals surface area (Å²) in [6.07, 6.45) is 0. The highest BCUT2D eigenvalue weighted by molar-refractivity contribution is 6.31. The molecule has 0 aliphatic heterocycles. The van der Waals surface area contributed by atoms with Crippen molar-refractivity contribution in [2.45, 2.75) is 20.4 Å². The third-order valence-corrected chi connectivity index (χ3v) is 3.23. The van der Waals surface area contributed by atoms with Crippen LogP contribution in [0.3, 0.4) is 0 Å². The third-order valence-electron chi connectivity index (χ3n) is 2.86. The number of nitriles is 1. The molecular weight excluding hydrogens is 258 g/mol. The van der Waals surface area contributed by atoms with Crippen molar-refractivity contribution in [1.82, 2.24) is 4.98 Å². The number of aromatic nitrogens is 1. The first-order valence-corrected chi connectivity index (χ1v) is 6.35. The monoisotopic (exact) mass is 271 g/mol. The maximum atomic E-state index is 9.19. The maximum absolute atomic E-state index is 9.19. The predicted molar refractivity (Wildman–Crippen MR) is 77.2 cm³/mol. The molecule has 0 atom stereocenters. The molecule has 0 bridgehead atoms. The Kier molecular flexibility index (Phi) is 4.03. The molecule has 0 amide bonds. The Labute approximate surface area is 117 Å². The van der Waals surface area contributed by atoms with Crippen LogP contribution in [0.1, 0.15) is 22.4 Å². The summed E-state index contributed by atoms with van der Waals surface area (Å²) in [6.45, 7) is 4.37. The van der Waals surface area contributed by atoms with Crippen LogP contribution in [0.2, 0.25) is 5.02 Å². The Morgan fingerprint density at radius 1 is 1.32 bits per heavy atom. The molecule has 19 heavy (non-hydrogen) atoms. The van der Waals surface area contributed by atoms with Gasteiger partial charge in [-0.05, 0) is 37.1 Å². The summed E-state index contributed by atoms with van der Waals surface area (Å²) in [7, 11) is 0. The highest BCUT2D eigenvalue weighted by Crippen LogP contribution is 2.20. The van der Waals surface area contributed by atoms with Crippen LogP contribution in [0.15, 0.2) is 30.3 Å². The Bertz CT molecular complexity index is 644. The lowest BCUT2D eigenvalue weighted by Crippen LogP contribution is -2.06. The normalized spacial score (nSPS) is 10.0. The van der Waals surface area contributed by atoms with Gasteiger partial charge in [0.05, 0.1) is 5.56 Å². The number of hydrogen-bond acceptors (Lipinski definition) is 3. The number of pyridine rings is 1. The molecule has 96 valence electrons. The van der Waals surface area contributed by atoms with Gasteiger partial charge in [0.2, 0.25) is 0 Å². The van der Waals surface area contributed by atoms with Crippen LogP contribution >= 0.6 is 11.6 Å². The number of nitrogens with zero attached hydrogens (tertiary/aromatic N) is 2. The maximum Gasteiger partial charge on any atom is 0.144 e. The molecule has 2 rings (SSSR count). The first-order chi connectivity index (χ1) is 9.11. The fraction of sp³-hybridized carbons (Fsp3) is 0.200. The van der Waals surface area contributed by atoms with Gasteiger partial charge in [-0.3, -0.25) is 0 Å². The lowest BCUT2D eigenvalue weighted by atomic mass is 10.1. The Morgan fingerprint density at radius 3 is 2.74 bits per heavy atom. The summed E-state index contributed by atoms with van der Waals surface area (Å²) in [5, 5.41) is 13.1. The third kappa shape index (κ3) is 3.04. The second-order valence-corrected chi connectivity index (χ2v) is 4.77. The van der Waals surface area contributed by atoms with Crippen LogP contribution in [0.4, 0.5) is 5.82 Å². The summed E-state index contributed by atoms with van der Waals surface area (Å²) in [5.74, 6) is 0.611. The second kappa shape index (κ2) is 5.73. The number of rotatable bonds is 3. The average Bonchev–Trinajstić information content (AvgIpc) is 2.37. The van der Waals surface area contributed by atoms with E-state index < -0.39 is 0 Å². The molecule has 0 fully saturated rings. The summed E-state index contributed by atoms with van der Waals surface area (Å²) in [4.78, 5) is 4.37. The van der Waals surface area contributed by atoms with E-state index in [0.717, 1.165) is 16.8 Å². The highest BCUT2D eigenvalue weighted by Gasteiger charge is 2.08. The van der Waals surface area contributed by atoms with Gasteiger partial charge >= 0.3 is 0 Å². The van der Waals surface area contributed by atoms with Crippen LogP contribution in [-0.2, 0) is 6.54 Å². The van der Waals surface area contributed by atoms with Crippen LogP contribution in [-0.4, -0.2) is 4.98 Å². The van der Waals surface area contributed by atoms with E-state index in [1.54, 1.807) is 0 Å². The SMILES string of the molecule is Cc1cc(C)c(C#N)c(NCc2ccccc2Cl)n1. The summed E-state index contributed by atoms with van der Waals surface area (Å²) < 4.78 is 0. The minimum atomic E-state index is 0.546. The Morgan fingerprint density at radius 2 is 2.05 bits per heavy atom. The standard InChI is InChI=1S/C15H14ClN3/c1-10-7-11(2)19-15(13(10)8-17)18-9-12-5-3-4-6-14(12)16/h3-7H,9H2,1-2H3,(H,18,19). The van der Waals surface area contributed by atoms with Gasteiger partial charge in [-0.2, -0.15) is 5.26 Å². The molecular formula is C15H14ClN3. The topological polar surface area (TPSA) is 48.7 Å². The minimum Gasteiger partial charge on any atom is -0.365 e. The van der Waals surface area contributed by atoms with Crippen molar-refractivity contribution in [3.8, 4) is 6.07 Å². The molecule has 1 aromatic carbocycles. The molecule has 0 aliphatic rings. The van der Waals surface area contributed by atoms with Gasteiger partial charge in [0, 0.05) is 17.3 Å². The van der Waals surface area contributed by atoms with Crippen LogP contribution in [0.5, 0.6) is 0 Å². The largest absolute Gasteiger partial charge is 0.365 e. The first kappa shape index (κ1) is 13.4. The number of anilines is 1. The molecule has 1 aromatic heterocycles. The van der Waals surface area contributed by atoms with E-state index in [0.29, 0.717) is 22.9 Å². The molecule has 0 saturated heterocycles. The van der Waals surface area contributed by atoms with E-state index in [1.807, 2.05) is 44.2 Å². The van der Waals surface area contributed by atoms with Gasteiger partial charge in [-0.25, -0.2) is 4.98 Å². The number of nitrogens with one attached hydrogen (secondary N) is 1. The lowest BCUT2D eigenvalue weighted by molar-refractivity contribution is 1.07. The van der Waals surface area contributed by atoms with E-state index in [9.17, 15) is 5.26 Å². The minimum absolute atomic E-state index is 0.546. The molecule has 0 unspecified atom stereocenters. The van der Waals surface area contributed by atoms with E-state index in [2.05, 4.69) is 16.4 Å². The highest BCUT2D eigenvalue weighted by atomic mass is 35.5. The summed E-state index contributed by atoms with van der Waals surface area (Å²) >= 11 is 6.10. The second-order valence-electron chi connectivity index (χ2n) is 4.36. The van der Waals surface area contributed by atoms with Crippen molar-refractivity contribution in [2.24, 2.45) is 0 Å². The number of halogens is 1. The average molecular weight is 272 g/mol. The smallest absolute Gasteiger partial charge is 0.144 e. The van der Waals surface area contributed by atoms with Crippen LogP contribution in [0.25, 0.3) is 0 Å². The van der Waals surface area contributed by atoms with Gasteiger partial charge in [0.25, 0.3) is 0 Å². The summed E-state index contributed by atoms with van der Waals surface area (Å²) in [5.41, 5.74) is 3.38.